The van der Waals surface area contributed by atoms with E-state index in [1.165, 1.54) is 12.8 Å². The molecule has 1 fully saturated rings. The Labute approximate surface area is 122 Å². The summed E-state index contributed by atoms with van der Waals surface area (Å²) in [6.07, 6.45) is 4.36. The van der Waals surface area contributed by atoms with Crippen molar-refractivity contribution in [3.8, 4) is 5.75 Å². The molecule has 1 aliphatic rings. The average Bonchev–Trinajstić information content (AvgIpc) is 2.37. The van der Waals surface area contributed by atoms with Gasteiger partial charge in [0.05, 0.1) is 12.7 Å². The lowest BCUT2D eigenvalue weighted by Crippen LogP contribution is -2.40. The Kier molecular flexibility index (Phi) is 4.71. The minimum absolute atomic E-state index is 0.393. The standard InChI is InChI=1S/C17H27NO2/c1-12-9-13(2)16(15(10-12)20-4)17(3,19)11-14-7-5-6-8-18-14/h9-10,14,18-19H,5-8,11H2,1-4H3. The van der Waals surface area contributed by atoms with Gasteiger partial charge < -0.3 is 15.2 Å². The van der Waals surface area contributed by atoms with Crippen molar-refractivity contribution in [3.63, 3.8) is 0 Å². The van der Waals surface area contributed by atoms with E-state index in [1.54, 1.807) is 7.11 Å². The zero-order valence-electron chi connectivity index (χ0n) is 13.1. The Hall–Kier alpha value is -1.06. The summed E-state index contributed by atoms with van der Waals surface area (Å²) in [5.74, 6) is 0.795. The highest BCUT2D eigenvalue weighted by atomic mass is 16.5. The maximum absolute atomic E-state index is 11.0. The van der Waals surface area contributed by atoms with Crippen LogP contribution in [0.5, 0.6) is 5.75 Å². The molecule has 0 radical (unpaired) electrons. The van der Waals surface area contributed by atoms with Crippen LogP contribution in [-0.4, -0.2) is 24.8 Å². The molecule has 20 heavy (non-hydrogen) atoms. The van der Waals surface area contributed by atoms with Crippen LogP contribution in [0.3, 0.4) is 0 Å². The molecule has 1 saturated heterocycles. The largest absolute Gasteiger partial charge is 0.496 e. The van der Waals surface area contributed by atoms with Crippen molar-refractivity contribution in [2.75, 3.05) is 13.7 Å². The van der Waals surface area contributed by atoms with E-state index in [0.29, 0.717) is 6.04 Å². The molecule has 112 valence electrons. The van der Waals surface area contributed by atoms with Crippen molar-refractivity contribution in [2.45, 2.75) is 58.1 Å². The molecule has 0 spiro atoms. The fraction of sp³-hybridized carbons (Fsp3) is 0.647. The summed E-state index contributed by atoms with van der Waals surface area (Å²) in [6.45, 7) is 7.07. The summed E-state index contributed by atoms with van der Waals surface area (Å²) in [7, 11) is 1.67. The van der Waals surface area contributed by atoms with Crippen molar-refractivity contribution < 1.29 is 9.84 Å². The van der Waals surface area contributed by atoms with Gasteiger partial charge in [-0.3, -0.25) is 0 Å². The molecule has 0 aliphatic carbocycles. The van der Waals surface area contributed by atoms with Crippen LogP contribution < -0.4 is 10.1 Å². The van der Waals surface area contributed by atoms with E-state index in [1.807, 2.05) is 19.9 Å². The second-order valence-electron chi connectivity index (χ2n) is 6.28. The van der Waals surface area contributed by atoms with Gasteiger partial charge in [0, 0.05) is 11.6 Å². The van der Waals surface area contributed by atoms with E-state index in [-0.39, 0.29) is 0 Å². The van der Waals surface area contributed by atoms with Crippen LogP contribution in [0.2, 0.25) is 0 Å². The number of ether oxygens (including phenoxy) is 1. The van der Waals surface area contributed by atoms with Gasteiger partial charge in [-0.1, -0.05) is 12.5 Å². The van der Waals surface area contributed by atoms with Crippen molar-refractivity contribution in [3.05, 3.63) is 28.8 Å². The topological polar surface area (TPSA) is 41.5 Å². The normalized spacial score (nSPS) is 22.4. The van der Waals surface area contributed by atoms with Crippen LogP contribution in [0.25, 0.3) is 0 Å². The van der Waals surface area contributed by atoms with Crippen molar-refractivity contribution in [1.29, 1.82) is 0 Å². The molecule has 3 heteroatoms. The molecule has 2 unspecified atom stereocenters. The highest BCUT2D eigenvalue weighted by molar-refractivity contribution is 5.46. The van der Waals surface area contributed by atoms with Gasteiger partial charge in [-0.2, -0.15) is 0 Å². The third-order valence-electron chi connectivity index (χ3n) is 4.26. The predicted octanol–water partition coefficient (Wildman–Crippen LogP) is 3.05. The summed E-state index contributed by atoms with van der Waals surface area (Å²) in [6, 6.07) is 4.51. The van der Waals surface area contributed by atoms with Crippen molar-refractivity contribution in [2.24, 2.45) is 0 Å². The first-order valence-corrected chi connectivity index (χ1v) is 7.55. The van der Waals surface area contributed by atoms with Gasteiger partial charge >= 0.3 is 0 Å². The van der Waals surface area contributed by atoms with Crippen molar-refractivity contribution in [1.82, 2.24) is 5.32 Å². The SMILES string of the molecule is COc1cc(C)cc(C)c1C(C)(O)CC1CCCCN1. The number of benzene rings is 1. The smallest absolute Gasteiger partial charge is 0.125 e. The first-order chi connectivity index (χ1) is 9.44. The average molecular weight is 277 g/mol. The van der Waals surface area contributed by atoms with Gasteiger partial charge in [0.15, 0.2) is 0 Å². The summed E-state index contributed by atoms with van der Waals surface area (Å²) >= 11 is 0. The second kappa shape index (κ2) is 6.15. The van der Waals surface area contributed by atoms with Gasteiger partial charge in [0.1, 0.15) is 5.75 Å². The molecule has 1 aromatic carbocycles. The summed E-state index contributed by atoms with van der Waals surface area (Å²) in [4.78, 5) is 0. The van der Waals surface area contributed by atoms with Gasteiger partial charge in [-0.25, -0.2) is 0 Å². The highest BCUT2D eigenvalue weighted by Crippen LogP contribution is 2.37. The number of hydrogen-bond donors (Lipinski definition) is 2. The lowest BCUT2D eigenvalue weighted by molar-refractivity contribution is 0.0304. The van der Waals surface area contributed by atoms with Crippen LogP contribution in [0, 0.1) is 13.8 Å². The Bertz CT molecular complexity index is 462. The Morgan fingerprint density at radius 2 is 2.10 bits per heavy atom. The summed E-state index contributed by atoms with van der Waals surface area (Å²) in [5.41, 5.74) is 2.33. The molecule has 2 atom stereocenters. The Morgan fingerprint density at radius 3 is 2.70 bits per heavy atom. The molecule has 1 aromatic rings. The van der Waals surface area contributed by atoms with Crippen LogP contribution in [-0.2, 0) is 5.60 Å². The first-order valence-electron chi connectivity index (χ1n) is 7.55. The molecule has 0 saturated carbocycles. The number of rotatable bonds is 4. The lowest BCUT2D eigenvalue weighted by Gasteiger charge is -2.33. The molecular formula is C17H27NO2. The minimum atomic E-state index is -0.863. The number of hydrogen-bond acceptors (Lipinski definition) is 3. The molecule has 0 aromatic heterocycles. The van der Waals surface area contributed by atoms with E-state index in [0.717, 1.165) is 41.8 Å². The van der Waals surface area contributed by atoms with E-state index >= 15 is 0 Å². The predicted molar refractivity (Wildman–Crippen MR) is 82.3 cm³/mol. The zero-order valence-corrected chi connectivity index (χ0v) is 13.1. The van der Waals surface area contributed by atoms with Crippen LogP contribution in [0.4, 0.5) is 0 Å². The third-order valence-corrected chi connectivity index (χ3v) is 4.26. The molecule has 0 bridgehead atoms. The number of methoxy groups -OCH3 is 1. The molecule has 0 amide bonds. The number of aryl methyl sites for hydroxylation is 2. The summed E-state index contributed by atoms with van der Waals surface area (Å²) in [5, 5.41) is 14.5. The fourth-order valence-electron chi connectivity index (χ4n) is 3.46. The number of aliphatic hydroxyl groups is 1. The maximum Gasteiger partial charge on any atom is 0.125 e. The maximum atomic E-state index is 11.0. The molecular weight excluding hydrogens is 250 g/mol. The monoisotopic (exact) mass is 277 g/mol. The van der Waals surface area contributed by atoms with Gasteiger partial charge in [-0.05, 0) is 63.8 Å². The highest BCUT2D eigenvalue weighted by Gasteiger charge is 2.32. The zero-order chi connectivity index (χ0) is 14.8. The van der Waals surface area contributed by atoms with E-state index < -0.39 is 5.60 Å². The quantitative estimate of drug-likeness (QED) is 0.889. The molecule has 2 rings (SSSR count). The third kappa shape index (κ3) is 3.33. The van der Waals surface area contributed by atoms with Crippen LogP contribution in [0.1, 0.15) is 49.3 Å². The number of nitrogens with one attached hydrogen (secondary N) is 1. The molecule has 3 nitrogen and oxygen atoms in total. The summed E-state index contributed by atoms with van der Waals surface area (Å²) < 4.78 is 5.50. The first kappa shape index (κ1) is 15.3. The fourth-order valence-corrected chi connectivity index (χ4v) is 3.46. The van der Waals surface area contributed by atoms with Gasteiger partial charge in [0.2, 0.25) is 0 Å². The Morgan fingerprint density at radius 1 is 1.35 bits per heavy atom. The molecule has 2 N–H and O–H groups in total. The van der Waals surface area contributed by atoms with Crippen LogP contribution >= 0.6 is 0 Å². The molecule has 1 heterocycles. The van der Waals surface area contributed by atoms with Crippen LogP contribution in [0.15, 0.2) is 12.1 Å². The van der Waals surface area contributed by atoms with Crippen molar-refractivity contribution >= 4 is 0 Å². The van der Waals surface area contributed by atoms with Gasteiger partial charge in [-0.15, -0.1) is 0 Å². The second-order valence-corrected chi connectivity index (χ2v) is 6.28. The van der Waals surface area contributed by atoms with E-state index in [9.17, 15) is 5.11 Å². The minimum Gasteiger partial charge on any atom is -0.496 e. The Balaban J connectivity index is 2.27. The lowest BCUT2D eigenvalue weighted by atomic mass is 9.83. The number of piperidine rings is 1. The van der Waals surface area contributed by atoms with E-state index in [4.69, 9.17) is 4.74 Å². The van der Waals surface area contributed by atoms with E-state index in [2.05, 4.69) is 18.3 Å². The molecule has 1 aliphatic heterocycles. The van der Waals surface area contributed by atoms with Gasteiger partial charge in [0.25, 0.3) is 0 Å².